The fourth-order valence-electron chi connectivity index (χ4n) is 2.49. The van der Waals surface area contributed by atoms with Gasteiger partial charge in [-0.3, -0.25) is 0 Å². The van der Waals surface area contributed by atoms with Gasteiger partial charge in [0.2, 0.25) is 0 Å². The third-order valence-corrected chi connectivity index (χ3v) is 3.60. The smallest absolute Gasteiger partial charge is 0.0781 e. The van der Waals surface area contributed by atoms with E-state index in [0.29, 0.717) is 12.5 Å². The van der Waals surface area contributed by atoms with E-state index in [-0.39, 0.29) is 0 Å². The largest absolute Gasteiger partial charge is 0.396 e. The van der Waals surface area contributed by atoms with Crippen LogP contribution in [0.1, 0.15) is 31.4 Å². The Bertz CT molecular complexity index is 357. The molecular weight excluding hydrogens is 214 g/mol. The van der Waals surface area contributed by atoms with Gasteiger partial charge in [0.05, 0.1) is 6.10 Å². The van der Waals surface area contributed by atoms with Gasteiger partial charge in [-0.15, -0.1) is 0 Å². The van der Waals surface area contributed by atoms with Gasteiger partial charge in [0.15, 0.2) is 0 Å². The lowest BCUT2D eigenvalue weighted by Gasteiger charge is -2.34. The summed E-state index contributed by atoms with van der Waals surface area (Å²) in [4.78, 5) is 2.31. The molecule has 0 unspecified atom stereocenters. The van der Waals surface area contributed by atoms with Gasteiger partial charge in [0.1, 0.15) is 0 Å². The molecule has 1 aromatic carbocycles. The summed E-state index contributed by atoms with van der Waals surface area (Å²) in [6.07, 6.45) is 1.64. The molecule has 2 N–H and O–H groups in total. The molecule has 0 bridgehead atoms. The normalized spacial score (nSPS) is 19.4. The molecule has 1 aromatic rings. The molecule has 1 atom stereocenters. The van der Waals surface area contributed by atoms with E-state index in [1.807, 2.05) is 18.2 Å². The van der Waals surface area contributed by atoms with Crippen LogP contribution in [0.4, 0.5) is 5.69 Å². The lowest BCUT2D eigenvalue weighted by atomic mass is 9.96. The van der Waals surface area contributed by atoms with Crippen LogP contribution in [0.3, 0.4) is 0 Å². The van der Waals surface area contributed by atoms with Gasteiger partial charge in [-0.1, -0.05) is 18.2 Å². The molecule has 1 heterocycles. The predicted octanol–water partition coefficient (Wildman–Crippen LogP) is 1.95. The fraction of sp³-hybridized carbons (Fsp3) is 0.571. The van der Waals surface area contributed by atoms with Crippen molar-refractivity contribution in [3.05, 3.63) is 29.8 Å². The average Bonchev–Trinajstić information content (AvgIpc) is 2.39. The molecule has 17 heavy (non-hydrogen) atoms. The highest BCUT2D eigenvalue weighted by molar-refractivity contribution is 5.54. The van der Waals surface area contributed by atoms with Crippen molar-refractivity contribution in [2.24, 2.45) is 5.92 Å². The topological polar surface area (TPSA) is 43.7 Å². The summed E-state index contributed by atoms with van der Waals surface area (Å²) < 4.78 is 0. The Morgan fingerprint density at radius 3 is 2.53 bits per heavy atom. The van der Waals surface area contributed by atoms with Crippen LogP contribution in [-0.2, 0) is 0 Å². The summed E-state index contributed by atoms with van der Waals surface area (Å²) in [5, 5.41) is 18.9. The molecule has 1 fully saturated rings. The van der Waals surface area contributed by atoms with Crippen LogP contribution in [-0.4, -0.2) is 29.9 Å². The van der Waals surface area contributed by atoms with E-state index < -0.39 is 6.10 Å². The van der Waals surface area contributed by atoms with Gasteiger partial charge in [-0.05, 0) is 31.7 Å². The zero-order chi connectivity index (χ0) is 12.3. The third-order valence-electron chi connectivity index (χ3n) is 3.60. The second-order valence-corrected chi connectivity index (χ2v) is 4.85. The van der Waals surface area contributed by atoms with Crippen LogP contribution in [0, 0.1) is 5.92 Å². The molecule has 0 aliphatic carbocycles. The Kier molecular flexibility index (Phi) is 4.02. The van der Waals surface area contributed by atoms with Crippen molar-refractivity contribution in [2.45, 2.75) is 25.9 Å². The number of anilines is 1. The third kappa shape index (κ3) is 2.79. The molecule has 3 heteroatoms. The summed E-state index contributed by atoms with van der Waals surface area (Å²) in [5.74, 6) is 0.449. The summed E-state index contributed by atoms with van der Waals surface area (Å²) >= 11 is 0. The highest BCUT2D eigenvalue weighted by Gasteiger charge is 2.21. The second-order valence-electron chi connectivity index (χ2n) is 4.85. The fourth-order valence-corrected chi connectivity index (χ4v) is 2.49. The van der Waals surface area contributed by atoms with Crippen molar-refractivity contribution in [3.8, 4) is 0 Å². The number of rotatable bonds is 3. The Morgan fingerprint density at radius 2 is 1.94 bits per heavy atom. The average molecular weight is 235 g/mol. The van der Waals surface area contributed by atoms with Gasteiger partial charge in [0, 0.05) is 30.9 Å². The highest BCUT2D eigenvalue weighted by atomic mass is 16.3. The molecule has 0 aromatic heterocycles. The molecule has 0 spiro atoms. The Morgan fingerprint density at radius 1 is 1.29 bits per heavy atom. The standard InChI is InChI=1S/C14H21NO2/c1-11(17)13-4-2-3-5-14(13)15-8-6-12(10-16)7-9-15/h2-5,11-12,16-17H,6-10H2,1H3/t11-/m0/s1. The predicted molar refractivity (Wildman–Crippen MR) is 69.1 cm³/mol. The van der Waals surface area contributed by atoms with E-state index in [4.69, 9.17) is 5.11 Å². The van der Waals surface area contributed by atoms with E-state index >= 15 is 0 Å². The first-order chi connectivity index (χ1) is 8.22. The number of aliphatic hydroxyl groups is 2. The lowest BCUT2D eigenvalue weighted by Crippen LogP contribution is -2.35. The molecular formula is C14H21NO2. The van der Waals surface area contributed by atoms with Crippen molar-refractivity contribution >= 4 is 5.69 Å². The molecule has 0 amide bonds. The van der Waals surface area contributed by atoms with Crippen molar-refractivity contribution in [3.63, 3.8) is 0 Å². The van der Waals surface area contributed by atoms with Gasteiger partial charge >= 0.3 is 0 Å². The van der Waals surface area contributed by atoms with Gasteiger partial charge in [-0.25, -0.2) is 0 Å². The minimum absolute atomic E-state index is 0.298. The van der Waals surface area contributed by atoms with Crippen molar-refractivity contribution in [1.82, 2.24) is 0 Å². The Hall–Kier alpha value is -1.06. The maximum Gasteiger partial charge on any atom is 0.0781 e. The van der Waals surface area contributed by atoms with Crippen LogP contribution in [0.15, 0.2) is 24.3 Å². The van der Waals surface area contributed by atoms with Gasteiger partial charge in [0.25, 0.3) is 0 Å². The summed E-state index contributed by atoms with van der Waals surface area (Å²) in [5.41, 5.74) is 2.13. The first-order valence-corrected chi connectivity index (χ1v) is 6.35. The second kappa shape index (κ2) is 5.52. The van der Waals surface area contributed by atoms with Crippen LogP contribution < -0.4 is 4.90 Å². The summed E-state index contributed by atoms with van der Waals surface area (Å²) in [6, 6.07) is 8.03. The van der Waals surface area contributed by atoms with Gasteiger partial charge < -0.3 is 15.1 Å². The molecule has 3 nitrogen and oxygen atoms in total. The molecule has 2 rings (SSSR count). The lowest BCUT2D eigenvalue weighted by molar-refractivity contribution is 0.196. The van der Waals surface area contributed by atoms with Crippen molar-refractivity contribution in [1.29, 1.82) is 0 Å². The number of hydrogen-bond acceptors (Lipinski definition) is 3. The number of benzene rings is 1. The monoisotopic (exact) mass is 235 g/mol. The van der Waals surface area contributed by atoms with Gasteiger partial charge in [-0.2, -0.15) is 0 Å². The van der Waals surface area contributed by atoms with E-state index in [0.717, 1.165) is 37.2 Å². The number of aliphatic hydroxyl groups excluding tert-OH is 2. The molecule has 1 aliphatic rings. The Balaban J connectivity index is 2.13. The molecule has 0 saturated carbocycles. The highest BCUT2D eigenvalue weighted by Crippen LogP contribution is 2.29. The number of hydrogen-bond donors (Lipinski definition) is 2. The van der Waals surface area contributed by atoms with Crippen LogP contribution in [0.2, 0.25) is 0 Å². The number of para-hydroxylation sites is 1. The van der Waals surface area contributed by atoms with Crippen LogP contribution in [0.5, 0.6) is 0 Å². The van der Waals surface area contributed by atoms with Crippen molar-refractivity contribution < 1.29 is 10.2 Å². The SMILES string of the molecule is C[C@H](O)c1ccccc1N1CCC(CO)CC1. The Labute approximate surface area is 103 Å². The zero-order valence-corrected chi connectivity index (χ0v) is 10.3. The van der Waals surface area contributed by atoms with Crippen LogP contribution in [0.25, 0.3) is 0 Å². The first-order valence-electron chi connectivity index (χ1n) is 6.35. The number of nitrogens with zero attached hydrogens (tertiary/aromatic N) is 1. The maximum absolute atomic E-state index is 9.77. The molecule has 94 valence electrons. The zero-order valence-electron chi connectivity index (χ0n) is 10.3. The molecule has 0 radical (unpaired) electrons. The van der Waals surface area contributed by atoms with E-state index in [2.05, 4.69) is 11.0 Å². The maximum atomic E-state index is 9.77. The van der Waals surface area contributed by atoms with E-state index in [9.17, 15) is 5.11 Å². The molecule has 1 saturated heterocycles. The van der Waals surface area contributed by atoms with Crippen molar-refractivity contribution in [2.75, 3.05) is 24.6 Å². The van der Waals surface area contributed by atoms with E-state index in [1.54, 1.807) is 6.92 Å². The quantitative estimate of drug-likeness (QED) is 0.841. The number of piperidine rings is 1. The minimum Gasteiger partial charge on any atom is -0.396 e. The van der Waals surface area contributed by atoms with E-state index in [1.165, 1.54) is 0 Å². The first kappa shape index (κ1) is 12.4. The minimum atomic E-state index is -0.429. The van der Waals surface area contributed by atoms with Crippen LogP contribution >= 0.6 is 0 Å². The summed E-state index contributed by atoms with van der Waals surface area (Å²) in [6.45, 7) is 4.04. The summed E-state index contributed by atoms with van der Waals surface area (Å²) in [7, 11) is 0. The molecule has 1 aliphatic heterocycles.